The van der Waals surface area contributed by atoms with E-state index in [-0.39, 0.29) is 19.1 Å². The molecule has 43 heavy (non-hydrogen) atoms. The Balaban J connectivity index is 1.45. The van der Waals surface area contributed by atoms with Crippen LogP contribution in [0.5, 0.6) is 0 Å². The number of nitrogens with zero attached hydrogens (tertiary/aromatic N) is 5. The average Bonchev–Trinajstić information content (AvgIpc) is 3.33. The summed E-state index contributed by atoms with van der Waals surface area (Å²) in [5.74, 6) is 1.28. The zero-order valence-corrected chi connectivity index (χ0v) is 26.3. The topological polar surface area (TPSA) is 159 Å². The Hall–Kier alpha value is -3.98. The molecule has 0 saturated carbocycles. The quantitative estimate of drug-likeness (QED) is 0.283. The summed E-state index contributed by atoms with van der Waals surface area (Å²) in [6.07, 6.45) is 1.65. The van der Waals surface area contributed by atoms with Gasteiger partial charge in [-0.15, -0.1) is 0 Å². The van der Waals surface area contributed by atoms with E-state index in [2.05, 4.69) is 25.2 Å². The number of nitrogens with one attached hydrogen (secondary N) is 3. The maximum atomic E-state index is 12.4. The van der Waals surface area contributed by atoms with Crippen molar-refractivity contribution in [1.82, 2.24) is 20.3 Å². The highest BCUT2D eigenvalue weighted by molar-refractivity contribution is 7.93. The number of ether oxygens (including phenoxy) is 1. The Morgan fingerprint density at radius 3 is 2.58 bits per heavy atom. The van der Waals surface area contributed by atoms with Crippen molar-refractivity contribution in [3.8, 4) is 0 Å². The van der Waals surface area contributed by atoms with Gasteiger partial charge in [0.2, 0.25) is 21.9 Å². The third kappa shape index (κ3) is 6.99. The largest absolute Gasteiger partial charge is 0.462 e. The molecule has 2 aromatic heterocycles. The van der Waals surface area contributed by atoms with Crippen molar-refractivity contribution < 1.29 is 22.7 Å². The fourth-order valence-electron chi connectivity index (χ4n) is 4.90. The molecule has 1 saturated heterocycles. The summed E-state index contributed by atoms with van der Waals surface area (Å²) in [6.45, 7) is 9.68. The van der Waals surface area contributed by atoms with Crippen LogP contribution in [0.15, 0.2) is 24.3 Å². The molecule has 3 aromatic rings. The Labute approximate surface area is 255 Å². The van der Waals surface area contributed by atoms with Crippen LogP contribution in [0.2, 0.25) is 0 Å². The lowest BCUT2D eigenvalue weighted by molar-refractivity contribution is -0.120. The molecule has 3 N–H and O–H groups in total. The third-order valence-electron chi connectivity index (χ3n) is 7.14. The van der Waals surface area contributed by atoms with Gasteiger partial charge in [0.1, 0.15) is 16.5 Å². The second kappa shape index (κ2) is 12.7. The predicted octanol–water partition coefficient (Wildman–Crippen LogP) is 3.20. The van der Waals surface area contributed by atoms with Crippen LogP contribution in [0, 0.1) is 6.92 Å². The van der Waals surface area contributed by atoms with Gasteiger partial charge in [-0.05, 0) is 58.2 Å². The molecule has 1 aromatic carbocycles. The number of esters is 1. The van der Waals surface area contributed by atoms with Gasteiger partial charge in [-0.3, -0.25) is 14.8 Å². The molecule has 0 radical (unpaired) electrons. The first kappa shape index (κ1) is 30.5. The second-order valence-electron chi connectivity index (χ2n) is 10.6. The number of sulfonamides is 1. The van der Waals surface area contributed by atoms with Crippen molar-refractivity contribution in [3.05, 3.63) is 46.0 Å². The van der Waals surface area contributed by atoms with Gasteiger partial charge in [-0.2, -0.15) is 9.97 Å². The minimum absolute atomic E-state index is 0.0661. The third-order valence-corrected chi connectivity index (χ3v) is 9.95. The number of aryl methyl sites for hydroxylation is 1. The van der Waals surface area contributed by atoms with Crippen LogP contribution in [0.3, 0.4) is 0 Å². The van der Waals surface area contributed by atoms with Gasteiger partial charge in [0, 0.05) is 37.4 Å². The number of thiazole rings is 1. The number of rotatable bonds is 10. The summed E-state index contributed by atoms with van der Waals surface area (Å²) < 4.78 is 32.3. The van der Waals surface area contributed by atoms with Crippen LogP contribution < -0.4 is 25.2 Å². The molecule has 0 bridgehead atoms. The molecule has 0 spiro atoms. The van der Waals surface area contributed by atoms with Gasteiger partial charge in [-0.25, -0.2) is 18.2 Å². The lowest BCUT2D eigenvalue weighted by Crippen LogP contribution is -2.48. The maximum absolute atomic E-state index is 12.4. The van der Waals surface area contributed by atoms with E-state index in [4.69, 9.17) is 14.7 Å². The number of hydrogen-bond acceptors (Lipinski definition) is 12. The highest BCUT2D eigenvalue weighted by Crippen LogP contribution is 2.36. The number of piperazine rings is 1. The highest BCUT2D eigenvalue weighted by atomic mass is 32.2. The van der Waals surface area contributed by atoms with Crippen LogP contribution in [0.4, 0.5) is 28.4 Å². The van der Waals surface area contributed by atoms with Crippen molar-refractivity contribution in [3.63, 3.8) is 0 Å². The minimum atomic E-state index is -3.44. The summed E-state index contributed by atoms with van der Waals surface area (Å²) >= 11 is 1.17. The minimum Gasteiger partial charge on any atom is -0.462 e. The van der Waals surface area contributed by atoms with E-state index in [9.17, 15) is 18.0 Å². The standard InChI is InChI=1S/C28H36N8O5S2/c1-5-41-26(38)23-18(4)30-28(42-23)33-27-31-24-21(25(32-27)36-14-12-29-22(37)16-36)7-6-13-35(24)15-19-8-10-20(11-9-19)34-43(39,40)17(2)3/h8-11,17,34H,5-7,12-16H2,1-4H3,(H,29,37)(H,30,31,32,33). The van der Waals surface area contributed by atoms with Gasteiger partial charge in [0.05, 0.1) is 24.1 Å². The van der Waals surface area contributed by atoms with Gasteiger partial charge >= 0.3 is 5.97 Å². The summed E-state index contributed by atoms with van der Waals surface area (Å²) in [7, 11) is -3.44. The molecule has 15 heteroatoms. The first-order chi connectivity index (χ1) is 20.5. The molecular formula is C28H36N8O5S2. The number of carbonyl (C=O) groups is 2. The Bertz CT molecular complexity index is 1610. The van der Waals surface area contributed by atoms with Crippen LogP contribution in [-0.2, 0) is 32.5 Å². The molecule has 1 amide bonds. The lowest BCUT2D eigenvalue weighted by Gasteiger charge is -2.35. The molecule has 0 atom stereocenters. The number of carbonyl (C=O) groups excluding carboxylic acids is 2. The zero-order valence-electron chi connectivity index (χ0n) is 24.6. The molecular weight excluding hydrogens is 592 g/mol. The first-order valence-electron chi connectivity index (χ1n) is 14.2. The molecule has 4 heterocycles. The van der Waals surface area contributed by atoms with Crippen LogP contribution in [-0.4, -0.2) is 73.3 Å². The van der Waals surface area contributed by atoms with E-state index < -0.39 is 21.2 Å². The van der Waals surface area contributed by atoms with E-state index in [0.29, 0.717) is 52.8 Å². The number of benzene rings is 1. The summed E-state index contributed by atoms with van der Waals surface area (Å²) in [5, 5.41) is 5.98. The van der Waals surface area contributed by atoms with Gasteiger partial charge in [0.15, 0.2) is 5.13 Å². The maximum Gasteiger partial charge on any atom is 0.350 e. The van der Waals surface area contributed by atoms with Gasteiger partial charge in [-0.1, -0.05) is 23.5 Å². The van der Waals surface area contributed by atoms with E-state index in [1.165, 1.54) is 11.3 Å². The van der Waals surface area contributed by atoms with E-state index >= 15 is 0 Å². The van der Waals surface area contributed by atoms with Crippen molar-refractivity contribution in [2.45, 2.75) is 52.3 Å². The fourth-order valence-corrected chi connectivity index (χ4v) is 6.46. The van der Waals surface area contributed by atoms with Crippen molar-refractivity contribution >= 4 is 61.6 Å². The average molecular weight is 629 g/mol. The van der Waals surface area contributed by atoms with Crippen molar-refractivity contribution in [2.75, 3.05) is 52.6 Å². The highest BCUT2D eigenvalue weighted by Gasteiger charge is 2.29. The first-order valence-corrected chi connectivity index (χ1v) is 16.6. The fraction of sp³-hybridized carbons (Fsp3) is 0.464. The number of anilines is 5. The molecule has 13 nitrogen and oxygen atoms in total. The van der Waals surface area contributed by atoms with E-state index in [1.54, 1.807) is 39.8 Å². The van der Waals surface area contributed by atoms with E-state index in [1.807, 2.05) is 17.0 Å². The van der Waals surface area contributed by atoms with Crippen LogP contribution in [0.1, 0.15) is 53.7 Å². The van der Waals surface area contributed by atoms with Crippen molar-refractivity contribution in [2.24, 2.45) is 0 Å². The molecule has 2 aliphatic heterocycles. The number of hydrogen-bond donors (Lipinski definition) is 3. The zero-order chi connectivity index (χ0) is 30.7. The molecule has 5 rings (SSSR count). The second-order valence-corrected chi connectivity index (χ2v) is 13.9. The summed E-state index contributed by atoms with van der Waals surface area (Å²) in [5.41, 5.74) is 3.02. The molecule has 230 valence electrons. The molecule has 1 fully saturated rings. The number of fused-ring (bicyclic) bond motifs is 1. The van der Waals surface area contributed by atoms with Gasteiger partial charge in [0.25, 0.3) is 0 Å². The van der Waals surface area contributed by atoms with Crippen molar-refractivity contribution in [1.29, 1.82) is 0 Å². The smallest absolute Gasteiger partial charge is 0.350 e. The monoisotopic (exact) mass is 628 g/mol. The summed E-state index contributed by atoms with van der Waals surface area (Å²) in [4.78, 5) is 43.4. The molecule has 0 aliphatic carbocycles. The van der Waals surface area contributed by atoms with Crippen LogP contribution >= 0.6 is 11.3 Å². The number of amides is 1. The van der Waals surface area contributed by atoms with Crippen LogP contribution in [0.25, 0.3) is 0 Å². The SMILES string of the molecule is CCOC(=O)c1sc(Nc2nc(N3CCNC(=O)C3)c3c(n2)N(Cc2ccc(NS(=O)(=O)C(C)C)cc2)CCC3)nc1C. The number of aromatic nitrogens is 3. The Morgan fingerprint density at radius 1 is 1.14 bits per heavy atom. The summed E-state index contributed by atoms with van der Waals surface area (Å²) in [6, 6.07) is 7.32. The molecule has 2 aliphatic rings. The Kier molecular flexibility index (Phi) is 9.01. The van der Waals surface area contributed by atoms with Gasteiger partial charge < -0.3 is 19.9 Å². The lowest BCUT2D eigenvalue weighted by atomic mass is 10.0. The normalized spacial score (nSPS) is 15.2. The Morgan fingerprint density at radius 2 is 1.88 bits per heavy atom. The van der Waals surface area contributed by atoms with E-state index in [0.717, 1.165) is 36.3 Å². The predicted molar refractivity (Wildman–Crippen MR) is 167 cm³/mol. The molecule has 0 unspecified atom stereocenters.